The standard InChI is InChI=1S/C15H14O.C6H14O.C5H12/c1-11-5-3-4-6-15(11)14-9-7-13(8-10-14)12(2)16;1-4-6(7)5(2)3;1-5(2,3)4/h3-10H,1-2H3;5-7H,4H2,1-3H3;1-4H3. The van der Waals surface area contributed by atoms with Crippen LogP contribution in [0.2, 0.25) is 0 Å². The second-order valence-electron chi connectivity index (χ2n) is 9.17. The van der Waals surface area contributed by atoms with Crippen molar-refractivity contribution in [3.63, 3.8) is 0 Å². The third-order valence-corrected chi connectivity index (χ3v) is 3.94. The molecule has 0 bridgehead atoms. The molecule has 0 heterocycles. The van der Waals surface area contributed by atoms with E-state index in [-0.39, 0.29) is 11.9 Å². The Morgan fingerprint density at radius 2 is 1.43 bits per heavy atom. The van der Waals surface area contributed by atoms with Crippen molar-refractivity contribution in [1.29, 1.82) is 0 Å². The molecule has 0 aliphatic carbocycles. The summed E-state index contributed by atoms with van der Waals surface area (Å²) in [5.74, 6) is 0.529. The molecule has 1 N–H and O–H groups in total. The van der Waals surface area contributed by atoms with Gasteiger partial charge in [0.25, 0.3) is 0 Å². The molecule has 0 aliphatic rings. The maximum absolute atomic E-state index is 11.2. The number of aliphatic hydroxyl groups is 1. The van der Waals surface area contributed by atoms with Crippen LogP contribution in [0.1, 0.15) is 77.7 Å². The molecule has 0 amide bonds. The van der Waals surface area contributed by atoms with E-state index >= 15 is 0 Å². The van der Waals surface area contributed by atoms with Crippen LogP contribution in [0.15, 0.2) is 48.5 Å². The number of rotatable bonds is 4. The largest absolute Gasteiger partial charge is 0.393 e. The van der Waals surface area contributed by atoms with E-state index in [4.69, 9.17) is 5.11 Å². The topological polar surface area (TPSA) is 37.3 Å². The number of carbonyl (C=O) groups excluding carboxylic acids is 1. The van der Waals surface area contributed by atoms with Crippen LogP contribution < -0.4 is 0 Å². The van der Waals surface area contributed by atoms with Gasteiger partial charge in [0.05, 0.1) is 6.10 Å². The summed E-state index contributed by atoms with van der Waals surface area (Å²) in [6.07, 6.45) is 0.775. The van der Waals surface area contributed by atoms with E-state index in [0.717, 1.165) is 17.5 Å². The van der Waals surface area contributed by atoms with E-state index in [1.165, 1.54) is 11.1 Å². The molecule has 1 atom stereocenters. The molecule has 0 saturated carbocycles. The van der Waals surface area contributed by atoms with Crippen LogP contribution in [0, 0.1) is 18.3 Å². The molecule has 2 aromatic rings. The normalized spacial score (nSPS) is 11.7. The van der Waals surface area contributed by atoms with Crippen LogP contribution in [0.25, 0.3) is 11.1 Å². The molecule has 2 heteroatoms. The Balaban J connectivity index is 0.000000507. The van der Waals surface area contributed by atoms with E-state index < -0.39 is 0 Å². The van der Waals surface area contributed by atoms with Crippen LogP contribution in [0.5, 0.6) is 0 Å². The van der Waals surface area contributed by atoms with Gasteiger partial charge in [0.2, 0.25) is 0 Å². The van der Waals surface area contributed by atoms with Crippen molar-refractivity contribution in [2.24, 2.45) is 11.3 Å². The van der Waals surface area contributed by atoms with E-state index in [2.05, 4.69) is 46.8 Å². The number of carbonyl (C=O) groups is 1. The van der Waals surface area contributed by atoms with Crippen molar-refractivity contribution in [1.82, 2.24) is 0 Å². The molecule has 0 aliphatic heterocycles. The van der Waals surface area contributed by atoms with E-state index in [1.54, 1.807) is 6.92 Å². The average molecular weight is 385 g/mol. The van der Waals surface area contributed by atoms with Crippen LogP contribution in [0.4, 0.5) is 0 Å². The number of Topliss-reactive ketones (excluding diaryl/α,β-unsaturated/α-hetero) is 1. The second kappa shape index (κ2) is 12.5. The Hall–Kier alpha value is -1.93. The Morgan fingerprint density at radius 1 is 0.964 bits per heavy atom. The minimum absolute atomic E-state index is 0.0972. The molecule has 0 radical (unpaired) electrons. The SMILES string of the molecule is CC(=O)c1ccc(-c2ccccc2C)cc1.CC(C)(C)C.CCC(O)C(C)C. The lowest BCUT2D eigenvalue weighted by atomic mass is 9.99. The maximum Gasteiger partial charge on any atom is 0.159 e. The predicted molar refractivity (Wildman–Crippen MR) is 123 cm³/mol. The lowest BCUT2D eigenvalue weighted by molar-refractivity contribution is 0.101. The maximum atomic E-state index is 11.2. The Labute approximate surface area is 173 Å². The van der Waals surface area contributed by atoms with E-state index in [1.807, 2.05) is 57.2 Å². The first-order valence-electron chi connectivity index (χ1n) is 10.2. The Morgan fingerprint density at radius 3 is 1.75 bits per heavy atom. The van der Waals surface area contributed by atoms with Crippen molar-refractivity contribution < 1.29 is 9.90 Å². The average Bonchev–Trinajstić information content (AvgIpc) is 2.60. The van der Waals surface area contributed by atoms with Gasteiger partial charge >= 0.3 is 0 Å². The molecule has 156 valence electrons. The summed E-state index contributed by atoms with van der Waals surface area (Å²) < 4.78 is 0. The highest BCUT2D eigenvalue weighted by molar-refractivity contribution is 5.94. The summed E-state index contributed by atoms with van der Waals surface area (Å²) in [6, 6.07) is 16.0. The van der Waals surface area contributed by atoms with Gasteiger partial charge in [-0.25, -0.2) is 0 Å². The number of aryl methyl sites for hydroxylation is 1. The van der Waals surface area contributed by atoms with Gasteiger partial charge in [-0.3, -0.25) is 4.79 Å². The molecule has 2 nitrogen and oxygen atoms in total. The van der Waals surface area contributed by atoms with Crippen LogP contribution in [-0.4, -0.2) is 17.0 Å². The zero-order valence-corrected chi connectivity index (χ0v) is 19.3. The molecule has 0 aromatic heterocycles. The van der Waals surface area contributed by atoms with Crippen molar-refractivity contribution >= 4 is 5.78 Å². The highest BCUT2D eigenvalue weighted by Gasteiger charge is 2.03. The fraction of sp³-hybridized carbons (Fsp3) is 0.500. The number of benzene rings is 2. The molecule has 0 fully saturated rings. The van der Waals surface area contributed by atoms with Crippen molar-refractivity contribution in [3.05, 3.63) is 59.7 Å². The van der Waals surface area contributed by atoms with Gasteiger partial charge in [0.15, 0.2) is 5.78 Å². The van der Waals surface area contributed by atoms with E-state index in [9.17, 15) is 4.79 Å². The van der Waals surface area contributed by atoms with Crippen LogP contribution >= 0.6 is 0 Å². The number of hydrogen-bond acceptors (Lipinski definition) is 2. The Kier molecular flexibility index (Phi) is 11.7. The number of hydrogen-bond donors (Lipinski definition) is 1. The first-order chi connectivity index (χ1) is 12.9. The van der Waals surface area contributed by atoms with Gasteiger partial charge < -0.3 is 5.11 Å². The summed E-state index contributed by atoms with van der Waals surface area (Å²) in [4.78, 5) is 11.2. The first kappa shape index (κ1) is 26.1. The van der Waals surface area contributed by atoms with Gasteiger partial charge in [0.1, 0.15) is 0 Å². The molecule has 0 saturated heterocycles. The lowest BCUT2D eigenvalue weighted by Crippen LogP contribution is -2.11. The zero-order chi connectivity index (χ0) is 21.9. The zero-order valence-electron chi connectivity index (χ0n) is 19.3. The molecule has 2 aromatic carbocycles. The van der Waals surface area contributed by atoms with Crippen molar-refractivity contribution in [2.75, 3.05) is 0 Å². The van der Waals surface area contributed by atoms with Gasteiger partial charge in [-0.05, 0) is 48.3 Å². The fourth-order valence-electron chi connectivity index (χ4n) is 2.25. The van der Waals surface area contributed by atoms with Gasteiger partial charge in [-0.1, -0.05) is 97.0 Å². The van der Waals surface area contributed by atoms with Gasteiger partial charge in [-0.2, -0.15) is 0 Å². The Bertz CT molecular complexity index is 685. The lowest BCUT2D eigenvalue weighted by Gasteiger charge is -2.09. The van der Waals surface area contributed by atoms with Gasteiger partial charge in [-0.15, -0.1) is 0 Å². The third kappa shape index (κ3) is 11.7. The van der Waals surface area contributed by atoms with Crippen LogP contribution in [0.3, 0.4) is 0 Å². The summed E-state index contributed by atoms with van der Waals surface area (Å²) >= 11 is 0. The molecule has 28 heavy (non-hydrogen) atoms. The minimum atomic E-state index is -0.0972. The fourth-order valence-corrected chi connectivity index (χ4v) is 2.25. The second-order valence-corrected chi connectivity index (χ2v) is 9.17. The number of aliphatic hydroxyl groups excluding tert-OH is 1. The molecule has 2 rings (SSSR count). The molecule has 1 unspecified atom stereocenters. The predicted octanol–water partition coefficient (Wildman–Crippen LogP) is 7.33. The first-order valence-corrected chi connectivity index (χ1v) is 10.2. The molecule has 0 spiro atoms. The van der Waals surface area contributed by atoms with E-state index in [0.29, 0.717) is 11.3 Å². The highest BCUT2D eigenvalue weighted by Crippen LogP contribution is 2.23. The summed E-state index contributed by atoms with van der Waals surface area (Å²) in [5, 5.41) is 8.94. The highest BCUT2D eigenvalue weighted by atomic mass is 16.3. The summed E-state index contributed by atoms with van der Waals surface area (Å²) in [5.41, 5.74) is 4.89. The van der Waals surface area contributed by atoms with Gasteiger partial charge in [0, 0.05) is 5.56 Å². The van der Waals surface area contributed by atoms with Crippen molar-refractivity contribution in [3.8, 4) is 11.1 Å². The quantitative estimate of drug-likeness (QED) is 0.560. The number of ketones is 1. The monoisotopic (exact) mass is 384 g/mol. The smallest absolute Gasteiger partial charge is 0.159 e. The summed E-state index contributed by atoms with van der Waals surface area (Å²) in [6.45, 7) is 18.5. The van der Waals surface area contributed by atoms with Crippen LogP contribution in [-0.2, 0) is 0 Å². The molecular weight excluding hydrogens is 344 g/mol. The minimum Gasteiger partial charge on any atom is -0.393 e. The van der Waals surface area contributed by atoms with Crippen molar-refractivity contribution in [2.45, 2.75) is 74.8 Å². The third-order valence-electron chi connectivity index (χ3n) is 3.94. The molecular formula is C26H40O2. The summed E-state index contributed by atoms with van der Waals surface area (Å²) in [7, 11) is 0.